The van der Waals surface area contributed by atoms with Gasteiger partial charge in [0.25, 0.3) is 0 Å². The number of hydrogen-bond acceptors (Lipinski definition) is 2. The Morgan fingerprint density at radius 2 is 2.00 bits per heavy atom. The Hall–Kier alpha value is -1.87. The number of aromatic nitrogens is 3. The predicted molar refractivity (Wildman–Crippen MR) is 84.6 cm³/mol. The third-order valence-corrected chi connectivity index (χ3v) is 4.34. The van der Waals surface area contributed by atoms with Gasteiger partial charge in [-0.2, -0.15) is 0 Å². The van der Waals surface area contributed by atoms with Crippen molar-refractivity contribution in [3.8, 4) is 0 Å². The van der Waals surface area contributed by atoms with Gasteiger partial charge in [-0.3, -0.25) is 0 Å². The average Bonchev–Trinajstić information content (AvgIpc) is 3.20. The number of halogens is 1. The fourth-order valence-corrected chi connectivity index (χ4v) is 3.23. The Bertz CT molecular complexity index is 779. The molecule has 3 nitrogen and oxygen atoms in total. The molecule has 3 aromatic rings. The van der Waals surface area contributed by atoms with E-state index in [1.54, 1.807) is 0 Å². The van der Waals surface area contributed by atoms with Crippen LogP contribution in [0.1, 0.15) is 42.1 Å². The SMILES string of the molecule is CC(Cl)c1nc2cccnc2n1C1CC1c1ccccc1. The molecule has 4 rings (SSSR count). The average molecular weight is 298 g/mol. The van der Waals surface area contributed by atoms with Crippen LogP contribution in [-0.4, -0.2) is 14.5 Å². The highest BCUT2D eigenvalue weighted by molar-refractivity contribution is 6.20. The van der Waals surface area contributed by atoms with Gasteiger partial charge >= 0.3 is 0 Å². The molecule has 0 aliphatic heterocycles. The fourth-order valence-electron chi connectivity index (χ4n) is 3.08. The van der Waals surface area contributed by atoms with Crippen LogP contribution in [0.3, 0.4) is 0 Å². The zero-order valence-corrected chi connectivity index (χ0v) is 12.5. The van der Waals surface area contributed by atoms with E-state index in [2.05, 4.69) is 44.9 Å². The normalized spacial score (nSPS) is 22.4. The van der Waals surface area contributed by atoms with Crippen molar-refractivity contribution in [1.29, 1.82) is 0 Å². The molecule has 0 N–H and O–H groups in total. The highest BCUT2D eigenvalue weighted by Crippen LogP contribution is 2.53. The largest absolute Gasteiger partial charge is 0.308 e. The van der Waals surface area contributed by atoms with Crippen molar-refractivity contribution in [2.45, 2.75) is 30.7 Å². The van der Waals surface area contributed by atoms with Crippen molar-refractivity contribution in [2.24, 2.45) is 0 Å². The maximum atomic E-state index is 6.33. The van der Waals surface area contributed by atoms with E-state index in [0.717, 1.165) is 23.4 Å². The Kier molecular flexibility index (Phi) is 2.96. The van der Waals surface area contributed by atoms with Gasteiger partial charge in [-0.15, -0.1) is 11.6 Å². The lowest BCUT2D eigenvalue weighted by atomic mass is 10.1. The van der Waals surface area contributed by atoms with Gasteiger partial charge in [0, 0.05) is 18.2 Å². The van der Waals surface area contributed by atoms with E-state index >= 15 is 0 Å². The van der Waals surface area contributed by atoms with Gasteiger partial charge in [-0.25, -0.2) is 9.97 Å². The summed E-state index contributed by atoms with van der Waals surface area (Å²) in [5, 5.41) is -0.115. The Labute approximate surface area is 128 Å². The third kappa shape index (κ3) is 2.12. The van der Waals surface area contributed by atoms with E-state index in [-0.39, 0.29) is 5.38 Å². The summed E-state index contributed by atoms with van der Waals surface area (Å²) < 4.78 is 2.24. The molecule has 0 spiro atoms. The van der Waals surface area contributed by atoms with E-state index in [4.69, 9.17) is 11.6 Å². The van der Waals surface area contributed by atoms with Crippen LogP contribution in [-0.2, 0) is 0 Å². The van der Waals surface area contributed by atoms with Crippen LogP contribution >= 0.6 is 11.6 Å². The summed E-state index contributed by atoms with van der Waals surface area (Å²) in [5.74, 6) is 1.47. The summed E-state index contributed by atoms with van der Waals surface area (Å²) in [6.45, 7) is 1.97. The van der Waals surface area contributed by atoms with E-state index in [1.807, 2.05) is 25.3 Å². The highest BCUT2D eigenvalue weighted by atomic mass is 35.5. The maximum absolute atomic E-state index is 6.33. The molecule has 0 amide bonds. The summed E-state index contributed by atoms with van der Waals surface area (Å²) in [4.78, 5) is 9.19. The Balaban J connectivity index is 1.79. The van der Waals surface area contributed by atoms with Crippen LogP contribution in [0.15, 0.2) is 48.7 Å². The third-order valence-electron chi connectivity index (χ3n) is 4.15. The van der Waals surface area contributed by atoms with Crippen molar-refractivity contribution in [1.82, 2.24) is 14.5 Å². The number of nitrogens with zero attached hydrogens (tertiary/aromatic N) is 3. The molecule has 0 bridgehead atoms. The Morgan fingerprint density at radius 1 is 1.19 bits per heavy atom. The van der Waals surface area contributed by atoms with Gasteiger partial charge in [-0.05, 0) is 31.0 Å². The molecule has 1 aliphatic carbocycles. The van der Waals surface area contributed by atoms with Crippen molar-refractivity contribution in [3.63, 3.8) is 0 Å². The van der Waals surface area contributed by atoms with Gasteiger partial charge in [0.1, 0.15) is 11.3 Å². The molecule has 0 saturated heterocycles. The van der Waals surface area contributed by atoms with Gasteiger partial charge in [0.2, 0.25) is 0 Å². The summed E-state index contributed by atoms with van der Waals surface area (Å²) in [7, 11) is 0. The molecule has 21 heavy (non-hydrogen) atoms. The van der Waals surface area contributed by atoms with E-state index < -0.39 is 0 Å². The Morgan fingerprint density at radius 3 is 2.76 bits per heavy atom. The first-order chi connectivity index (χ1) is 10.3. The quantitative estimate of drug-likeness (QED) is 0.668. The van der Waals surface area contributed by atoms with Crippen LogP contribution in [0, 0.1) is 0 Å². The van der Waals surface area contributed by atoms with Crippen LogP contribution in [0.5, 0.6) is 0 Å². The lowest BCUT2D eigenvalue weighted by Gasteiger charge is -2.09. The zero-order valence-electron chi connectivity index (χ0n) is 11.8. The number of hydrogen-bond donors (Lipinski definition) is 0. The van der Waals surface area contributed by atoms with E-state index in [1.165, 1.54) is 5.56 Å². The lowest BCUT2D eigenvalue weighted by molar-refractivity contribution is 0.677. The molecule has 1 saturated carbocycles. The number of rotatable bonds is 3. The van der Waals surface area contributed by atoms with Gasteiger partial charge in [0.05, 0.1) is 5.38 Å². The lowest BCUT2D eigenvalue weighted by Crippen LogP contribution is -2.04. The summed E-state index contributed by atoms with van der Waals surface area (Å²) >= 11 is 6.33. The molecule has 0 radical (unpaired) electrons. The summed E-state index contributed by atoms with van der Waals surface area (Å²) in [5.41, 5.74) is 3.26. The number of fused-ring (bicyclic) bond motifs is 1. The minimum Gasteiger partial charge on any atom is -0.308 e. The molecule has 1 aliphatic rings. The van der Waals surface area contributed by atoms with Crippen LogP contribution in [0.25, 0.3) is 11.2 Å². The van der Waals surface area contributed by atoms with E-state index in [9.17, 15) is 0 Å². The highest BCUT2D eigenvalue weighted by Gasteiger charge is 2.42. The molecular weight excluding hydrogens is 282 g/mol. The molecule has 3 atom stereocenters. The molecule has 1 aromatic carbocycles. The van der Waals surface area contributed by atoms with Gasteiger partial charge in [-0.1, -0.05) is 30.3 Å². The van der Waals surface area contributed by atoms with Crippen LogP contribution in [0.2, 0.25) is 0 Å². The van der Waals surface area contributed by atoms with Crippen molar-refractivity contribution >= 4 is 22.8 Å². The standard InChI is InChI=1S/C17H16ClN3/c1-11(18)16-20-14-8-5-9-19-17(14)21(16)15-10-13(15)12-6-3-2-4-7-12/h2-9,11,13,15H,10H2,1H3. The minimum absolute atomic E-state index is 0.115. The molecular formula is C17H16ClN3. The topological polar surface area (TPSA) is 30.7 Å². The van der Waals surface area contributed by atoms with Crippen LogP contribution < -0.4 is 0 Å². The fraction of sp³-hybridized carbons (Fsp3) is 0.294. The molecule has 3 unspecified atom stereocenters. The smallest absolute Gasteiger partial charge is 0.160 e. The van der Waals surface area contributed by atoms with Crippen LogP contribution in [0.4, 0.5) is 0 Å². The second-order valence-electron chi connectivity index (χ2n) is 5.62. The first-order valence-corrected chi connectivity index (χ1v) is 7.71. The van der Waals surface area contributed by atoms with Gasteiger partial charge in [0.15, 0.2) is 5.65 Å². The molecule has 1 fully saturated rings. The zero-order chi connectivity index (χ0) is 14.4. The van der Waals surface area contributed by atoms with Crippen molar-refractivity contribution in [3.05, 3.63) is 60.0 Å². The number of pyridine rings is 1. The minimum atomic E-state index is -0.115. The number of imidazole rings is 1. The predicted octanol–water partition coefficient (Wildman–Crippen LogP) is 4.46. The van der Waals surface area contributed by atoms with Gasteiger partial charge < -0.3 is 4.57 Å². The summed E-state index contributed by atoms with van der Waals surface area (Å²) in [6, 6.07) is 15.0. The second kappa shape index (κ2) is 4.85. The van der Waals surface area contributed by atoms with Crippen molar-refractivity contribution in [2.75, 3.05) is 0 Å². The first kappa shape index (κ1) is 12.8. The maximum Gasteiger partial charge on any atom is 0.160 e. The summed E-state index contributed by atoms with van der Waals surface area (Å²) in [6.07, 6.45) is 2.95. The molecule has 2 aromatic heterocycles. The molecule has 4 heteroatoms. The molecule has 2 heterocycles. The second-order valence-corrected chi connectivity index (χ2v) is 6.28. The number of alkyl halides is 1. The number of benzene rings is 1. The van der Waals surface area contributed by atoms with E-state index in [0.29, 0.717) is 12.0 Å². The first-order valence-electron chi connectivity index (χ1n) is 7.27. The molecule has 106 valence electrons. The van der Waals surface area contributed by atoms with Crippen molar-refractivity contribution < 1.29 is 0 Å². The monoisotopic (exact) mass is 297 g/mol.